The van der Waals surface area contributed by atoms with Crippen LogP contribution in [0.25, 0.3) is 10.9 Å². The number of benzene rings is 1. The van der Waals surface area contributed by atoms with Gasteiger partial charge in [0.05, 0.1) is 5.69 Å². The van der Waals surface area contributed by atoms with E-state index in [4.69, 9.17) is 5.73 Å². The van der Waals surface area contributed by atoms with E-state index in [1.165, 1.54) is 6.07 Å². The van der Waals surface area contributed by atoms with Crippen LogP contribution < -0.4 is 5.73 Å². The standard InChI is InChI=1S/C20H25FN4O.2ClH/c21-17-3-1-2-14-4-6-16(23-20(14)17)13-24-10-8-18-15(12-24)5-7-19(26)25(18)11-9-22;;/h1-4,6,15,18H,5,7-13,22H2;2*1H/t15-,18+;;/m0../s1. The van der Waals surface area contributed by atoms with Gasteiger partial charge in [0, 0.05) is 50.6 Å². The Morgan fingerprint density at radius 3 is 2.79 bits per heavy atom. The highest BCUT2D eigenvalue weighted by molar-refractivity contribution is 5.85. The first-order valence-electron chi connectivity index (χ1n) is 9.42. The van der Waals surface area contributed by atoms with Gasteiger partial charge in [-0.25, -0.2) is 9.37 Å². The molecule has 0 saturated carbocycles. The minimum Gasteiger partial charge on any atom is -0.338 e. The molecule has 2 aromatic rings. The van der Waals surface area contributed by atoms with Crippen LogP contribution in [0.1, 0.15) is 25.0 Å². The lowest BCUT2D eigenvalue weighted by Crippen LogP contribution is -2.56. The summed E-state index contributed by atoms with van der Waals surface area (Å²) in [7, 11) is 0. The first-order chi connectivity index (χ1) is 12.7. The highest BCUT2D eigenvalue weighted by Crippen LogP contribution is 2.31. The number of nitrogens with zero attached hydrogens (tertiary/aromatic N) is 3. The number of carbonyl (C=O) groups is 1. The zero-order valence-corrected chi connectivity index (χ0v) is 17.4. The molecule has 0 radical (unpaired) electrons. The molecule has 0 bridgehead atoms. The summed E-state index contributed by atoms with van der Waals surface area (Å²) in [6.45, 7) is 3.78. The number of nitrogens with two attached hydrogens (primary N) is 1. The Balaban J connectivity index is 0.00000140. The zero-order chi connectivity index (χ0) is 18.1. The van der Waals surface area contributed by atoms with Gasteiger partial charge in [-0.15, -0.1) is 24.8 Å². The topological polar surface area (TPSA) is 62.5 Å². The van der Waals surface area contributed by atoms with E-state index in [1.807, 2.05) is 23.1 Å². The smallest absolute Gasteiger partial charge is 0.222 e. The second kappa shape index (κ2) is 9.83. The molecule has 0 spiro atoms. The number of pyridine rings is 1. The summed E-state index contributed by atoms with van der Waals surface area (Å²) in [5.74, 6) is 0.466. The highest BCUT2D eigenvalue weighted by atomic mass is 35.5. The van der Waals surface area contributed by atoms with Gasteiger partial charge < -0.3 is 10.6 Å². The monoisotopic (exact) mass is 428 g/mol. The zero-order valence-electron chi connectivity index (χ0n) is 15.7. The number of aromatic nitrogens is 1. The van der Waals surface area contributed by atoms with Crippen LogP contribution in [0.15, 0.2) is 30.3 Å². The van der Waals surface area contributed by atoms with Gasteiger partial charge in [0.2, 0.25) is 5.91 Å². The SMILES string of the molecule is Cl.Cl.NCCN1C(=O)CC[C@H]2CN(Cc3ccc4cccc(F)c4n3)CC[C@H]21. The van der Waals surface area contributed by atoms with Gasteiger partial charge in [-0.3, -0.25) is 9.69 Å². The van der Waals surface area contributed by atoms with Gasteiger partial charge in [0.25, 0.3) is 0 Å². The lowest BCUT2D eigenvalue weighted by molar-refractivity contribution is -0.141. The maximum atomic E-state index is 14.0. The first kappa shape index (κ1) is 22.8. The molecule has 8 heteroatoms. The summed E-state index contributed by atoms with van der Waals surface area (Å²) in [5.41, 5.74) is 7.02. The van der Waals surface area contributed by atoms with E-state index in [0.717, 1.165) is 43.6 Å². The van der Waals surface area contributed by atoms with Crippen molar-refractivity contribution in [1.29, 1.82) is 0 Å². The summed E-state index contributed by atoms with van der Waals surface area (Å²) in [6, 6.07) is 9.29. The van der Waals surface area contributed by atoms with Crippen LogP contribution in [-0.4, -0.2) is 52.9 Å². The molecule has 1 amide bonds. The molecular formula is C20H27Cl2FN4O. The molecule has 1 aromatic carbocycles. The third-order valence-corrected chi connectivity index (χ3v) is 5.71. The third-order valence-electron chi connectivity index (χ3n) is 5.71. The number of rotatable bonds is 4. The van der Waals surface area contributed by atoms with E-state index in [1.54, 1.807) is 6.07 Å². The predicted molar refractivity (Wildman–Crippen MR) is 113 cm³/mol. The van der Waals surface area contributed by atoms with Gasteiger partial charge in [0.1, 0.15) is 11.3 Å². The Morgan fingerprint density at radius 1 is 1.18 bits per heavy atom. The van der Waals surface area contributed by atoms with Crippen molar-refractivity contribution >= 4 is 41.6 Å². The Hall–Kier alpha value is -1.47. The number of hydrogen-bond acceptors (Lipinski definition) is 4. The maximum absolute atomic E-state index is 14.0. The minimum absolute atomic E-state index is 0. The molecule has 154 valence electrons. The molecule has 2 aliphatic rings. The van der Waals surface area contributed by atoms with E-state index in [-0.39, 0.29) is 36.5 Å². The second-order valence-corrected chi connectivity index (χ2v) is 7.38. The number of likely N-dealkylation sites (tertiary alicyclic amines) is 2. The molecule has 4 rings (SSSR count). The van der Waals surface area contributed by atoms with E-state index >= 15 is 0 Å². The van der Waals surface area contributed by atoms with Crippen LogP contribution in [0.4, 0.5) is 4.39 Å². The number of fused-ring (bicyclic) bond motifs is 2. The average Bonchev–Trinajstić information content (AvgIpc) is 2.65. The summed E-state index contributed by atoms with van der Waals surface area (Å²) < 4.78 is 14.0. The molecular weight excluding hydrogens is 402 g/mol. The molecule has 2 fully saturated rings. The minimum atomic E-state index is -0.272. The van der Waals surface area contributed by atoms with Crippen molar-refractivity contribution in [2.45, 2.75) is 31.8 Å². The third kappa shape index (κ3) is 4.57. The quantitative estimate of drug-likeness (QED) is 0.812. The molecule has 0 aliphatic carbocycles. The molecule has 2 aliphatic heterocycles. The fourth-order valence-corrected chi connectivity index (χ4v) is 4.47. The van der Waals surface area contributed by atoms with Gasteiger partial charge >= 0.3 is 0 Å². The maximum Gasteiger partial charge on any atom is 0.222 e. The average molecular weight is 429 g/mol. The fraction of sp³-hybridized carbons (Fsp3) is 0.500. The lowest BCUT2D eigenvalue weighted by atomic mass is 9.83. The van der Waals surface area contributed by atoms with Crippen molar-refractivity contribution < 1.29 is 9.18 Å². The molecule has 2 atom stereocenters. The van der Waals surface area contributed by atoms with Crippen LogP contribution in [0.5, 0.6) is 0 Å². The number of amides is 1. The predicted octanol–water partition coefficient (Wildman–Crippen LogP) is 2.99. The largest absolute Gasteiger partial charge is 0.338 e. The van der Waals surface area contributed by atoms with Gasteiger partial charge in [-0.1, -0.05) is 18.2 Å². The number of carbonyl (C=O) groups excluding carboxylic acids is 1. The number of piperidine rings is 2. The molecule has 3 heterocycles. The molecule has 2 N–H and O–H groups in total. The van der Waals surface area contributed by atoms with E-state index < -0.39 is 0 Å². The van der Waals surface area contributed by atoms with Crippen LogP contribution in [0.2, 0.25) is 0 Å². The van der Waals surface area contributed by atoms with E-state index in [0.29, 0.717) is 37.0 Å². The first-order valence-corrected chi connectivity index (χ1v) is 9.42. The Morgan fingerprint density at radius 2 is 2.00 bits per heavy atom. The number of hydrogen-bond donors (Lipinski definition) is 1. The van der Waals surface area contributed by atoms with Crippen LogP contribution >= 0.6 is 24.8 Å². The van der Waals surface area contributed by atoms with Crippen LogP contribution in [-0.2, 0) is 11.3 Å². The summed E-state index contributed by atoms with van der Waals surface area (Å²) in [5, 5.41) is 0.829. The van der Waals surface area contributed by atoms with Crippen LogP contribution in [0.3, 0.4) is 0 Å². The fourth-order valence-electron chi connectivity index (χ4n) is 4.47. The van der Waals surface area contributed by atoms with Crippen LogP contribution in [0, 0.1) is 11.7 Å². The molecule has 1 aromatic heterocycles. The van der Waals surface area contributed by atoms with Crippen molar-refractivity contribution in [2.24, 2.45) is 11.7 Å². The van der Waals surface area contributed by atoms with E-state index in [9.17, 15) is 9.18 Å². The summed E-state index contributed by atoms with van der Waals surface area (Å²) >= 11 is 0. The second-order valence-electron chi connectivity index (χ2n) is 7.38. The van der Waals surface area contributed by atoms with Crippen molar-refractivity contribution in [3.05, 3.63) is 41.8 Å². The van der Waals surface area contributed by atoms with Gasteiger partial charge in [0.15, 0.2) is 0 Å². The van der Waals surface area contributed by atoms with Gasteiger partial charge in [-0.05, 0) is 30.9 Å². The Bertz CT molecular complexity index is 822. The molecule has 0 unspecified atom stereocenters. The highest BCUT2D eigenvalue weighted by Gasteiger charge is 2.38. The molecule has 5 nitrogen and oxygen atoms in total. The van der Waals surface area contributed by atoms with Gasteiger partial charge in [-0.2, -0.15) is 0 Å². The van der Waals surface area contributed by atoms with Crippen molar-refractivity contribution in [3.8, 4) is 0 Å². The normalized spacial score (nSPS) is 22.4. The number of para-hydroxylation sites is 1. The van der Waals surface area contributed by atoms with Crippen molar-refractivity contribution in [1.82, 2.24) is 14.8 Å². The van der Waals surface area contributed by atoms with Crippen molar-refractivity contribution in [2.75, 3.05) is 26.2 Å². The number of halogens is 3. The van der Waals surface area contributed by atoms with E-state index in [2.05, 4.69) is 9.88 Å². The molecule has 2 saturated heterocycles. The molecule has 28 heavy (non-hydrogen) atoms. The summed E-state index contributed by atoms with van der Waals surface area (Å²) in [4.78, 5) is 21.1. The Kier molecular flexibility index (Phi) is 8.01. The summed E-state index contributed by atoms with van der Waals surface area (Å²) in [6.07, 6.45) is 2.54. The Labute approximate surface area is 177 Å². The lowest BCUT2D eigenvalue weighted by Gasteiger charge is -2.47. The van der Waals surface area contributed by atoms with Crippen molar-refractivity contribution in [3.63, 3.8) is 0 Å².